The van der Waals surface area contributed by atoms with Crippen molar-refractivity contribution >= 4 is 17.6 Å². The predicted molar refractivity (Wildman–Crippen MR) is 109 cm³/mol. The summed E-state index contributed by atoms with van der Waals surface area (Å²) in [4.78, 5) is 31.8. The fourth-order valence-electron chi connectivity index (χ4n) is 4.33. The number of nitrogens with zero attached hydrogens (tertiary/aromatic N) is 2. The highest BCUT2D eigenvalue weighted by atomic mass is 16.5. The van der Waals surface area contributed by atoms with Crippen LogP contribution < -0.4 is 15.4 Å². The van der Waals surface area contributed by atoms with E-state index in [-0.39, 0.29) is 23.3 Å². The molecule has 152 valence electrons. The number of benzene rings is 1. The number of hydrogen-bond acceptors (Lipinski definition) is 4. The van der Waals surface area contributed by atoms with Gasteiger partial charge in [-0.15, -0.1) is 0 Å². The number of carbonyl (C=O) groups excluding carboxylic acids is 2. The van der Waals surface area contributed by atoms with E-state index in [1.54, 1.807) is 24.3 Å². The van der Waals surface area contributed by atoms with Crippen molar-refractivity contribution in [1.29, 1.82) is 0 Å². The Balaban J connectivity index is 1.40. The second-order valence-corrected chi connectivity index (χ2v) is 7.85. The molecular formula is C22H26N4O3. The molecule has 0 bridgehead atoms. The SMILES string of the molecule is COc1cccc(NC(=O)N2CC(C(=O)NCc3ccccn3)C3(CCC3)C2)c1. The number of carbonyl (C=O) groups is 2. The lowest BCUT2D eigenvalue weighted by atomic mass is 9.62. The molecule has 7 heteroatoms. The van der Waals surface area contributed by atoms with E-state index in [4.69, 9.17) is 4.74 Å². The molecule has 0 radical (unpaired) electrons. The third kappa shape index (κ3) is 4.04. The number of urea groups is 1. The number of nitrogens with one attached hydrogen (secondary N) is 2. The maximum Gasteiger partial charge on any atom is 0.321 e. The van der Waals surface area contributed by atoms with E-state index in [1.165, 1.54) is 0 Å². The van der Waals surface area contributed by atoms with E-state index in [9.17, 15) is 9.59 Å². The largest absolute Gasteiger partial charge is 0.497 e. The summed E-state index contributed by atoms with van der Waals surface area (Å²) in [5.41, 5.74) is 1.41. The molecule has 1 saturated carbocycles. The number of likely N-dealkylation sites (tertiary alicyclic amines) is 1. The molecule has 1 atom stereocenters. The Morgan fingerprint density at radius 3 is 2.79 bits per heavy atom. The number of pyridine rings is 1. The topological polar surface area (TPSA) is 83.6 Å². The van der Waals surface area contributed by atoms with Gasteiger partial charge in [-0.3, -0.25) is 9.78 Å². The molecule has 2 aromatic rings. The Kier molecular flexibility index (Phi) is 5.38. The number of hydrogen-bond donors (Lipinski definition) is 2. The van der Waals surface area contributed by atoms with Crippen molar-refractivity contribution in [3.63, 3.8) is 0 Å². The van der Waals surface area contributed by atoms with Gasteiger partial charge in [0, 0.05) is 36.5 Å². The van der Waals surface area contributed by atoms with Crippen LogP contribution in [0.2, 0.25) is 0 Å². The molecule has 1 spiro atoms. The smallest absolute Gasteiger partial charge is 0.321 e. The third-order valence-electron chi connectivity index (χ3n) is 6.09. The third-order valence-corrected chi connectivity index (χ3v) is 6.09. The van der Waals surface area contributed by atoms with Gasteiger partial charge in [0.05, 0.1) is 25.3 Å². The molecule has 1 aromatic carbocycles. The molecule has 2 heterocycles. The first-order valence-corrected chi connectivity index (χ1v) is 9.97. The summed E-state index contributed by atoms with van der Waals surface area (Å²) >= 11 is 0. The summed E-state index contributed by atoms with van der Waals surface area (Å²) in [5, 5.41) is 5.94. The Morgan fingerprint density at radius 1 is 1.24 bits per heavy atom. The summed E-state index contributed by atoms with van der Waals surface area (Å²) in [6, 6.07) is 12.7. The quantitative estimate of drug-likeness (QED) is 0.817. The van der Waals surface area contributed by atoms with Crippen LogP contribution in [-0.2, 0) is 11.3 Å². The highest BCUT2D eigenvalue weighted by Crippen LogP contribution is 2.51. The molecular weight excluding hydrogens is 368 g/mol. The summed E-state index contributed by atoms with van der Waals surface area (Å²) < 4.78 is 5.21. The van der Waals surface area contributed by atoms with Gasteiger partial charge in [0.2, 0.25) is 5.91 Å². The van der Waals surface area contributed by atoms with Crippen molar-refractivity contribution < 1.29 is 14.3 Å². The lowest BCUT2D eigenvalue weighted by Gasteiger charge is -2.41. The van der Waals surface area contributed by atoms with Crippen molar-refractivity contribution in [3.8, 4) is 5.75 Å². The normalized spacial score (nSPS) is 19.5. The Hall–Kier alpha value is -3.09. The molecule has 2 N–H and O–H groups in total. The van der Waals surface area contributed by atoms with Crippen LogP contribution in [0.3, 0.4) is 0 Å². The van der Waals surface area contributed by atoms with Crippen LogP contribution in [0.4, 0.5) is 10.5 Å². The van der Waals surface area contributed by atoms with E-state index in [0.717, 1.165) is 25.0 Å². The van der Waals surface area contributed by atoms with Crippen LogP contribution in [0, 0.1) is 11.3 Å². The molecule has 1 unspecified atom stereocenters. The molecule has 7 nitrogen and oxygen atoms in total. The average molecular weight is 394 g/mol. The number of ether oxygens (including phenoxy) is 1. The van der Waals surface area contributed by atoms with Gasteiger partial charge >= 0.3 is 6.03 Å². The summed E-state index contributed by atoms with van der Waals surface area (Å²) in [5.74, 6) is 0.509. The van der Waals surface area contributed by atoms with Gasteiger partial charge in [-0.25, -0.2) is 4.79 Å². The zero-order valence-corrected chi connectivity index (χ0v) is 16.6. The molecule has 2 aliphatic rings. The maximum absolute atomic E-state index is 12.9. The van der Waals surface area contributed by atoms with E-state index in [2.05, 4.69) is 15.6 Å². The monoisotopic (exact) mass is 394 g/mol. The van der Waals surface area contributed by atoms with Crippen LogP contribution in [0.5, 0.6) is 5.75 Å². The molecule has 4 rings (SSSR count). The van der Waals surface area contributed by atoms with E-state index in [1.807, 2.05) is 36.4 Å². The van der Waals surface area contributed by atoms with Gasteiger partial charge < -0.3 is 20.3 Å². The minimum Gasteiger partial charge on any atom is -0.497 e. The van der Waals surface area contributed by atoms with Crippen LogP contribution in [0.25, 0.3) is 0 Å². The van der Waals surface area contributed by atoms with Crippen LogP contribution in [0.15, 0.2) is 48.7 Å². The van der Waals surface area contributed by atoms with Crippen molar-refractivity contribution in [3.05, 3.63) is 54.4 Å². The van der Waals surface area contributed by atoms with E-state index in [0.29, 0.717) is 31.1 Å². The summed E-state index contributed by atoms with van der Waals surface area (Å²) in [6.45, 7) is 1.45. The standard InChI is InChI=1S/C22H26N4O3/c1-29-18-8-4-7-16(12-18)25-21(28)26-14-19(22(15-26)9-5-10-22)20(27)24-13-17-6-2-3-11-23-17/h2-4,6-8,11-12,19H,5,9-10,13-15H2,1H3,(H,24,27)(H,25,28). The number of methoxy groups -OCH3 is 1. The van der Waals surface area contributed by atoms with Crippen molar-refractivity contribution in [2.24, 2.45) is 11.3 Å². The molecule has 1 aliphatic carbocycles. The average Bonchev–Trinajstić information content (AvgIpc) is 3.15. The molecule has 1 aromatic heterocycles. The predicted octanol–water partition coefficient (Wildman–Crippen LogP) is 3.04. The number of rotatable bonds is 5. The van der Waals surface area contributed by atoms with Crippen molar-refractivity contribution in [2.45, 2.75) is 25.8 Å². The minimum absolute atomic E-state index is 0.00651. The van der Waals surface area contributed by atoms with Gasteiger partial charge in [-0.2, -0.15) is 0 Å². The Bertz CT molecular complexity index is 883. The Labute approximate surface area is 170 Å². The maximum atomic E-state index is 12.9. The van der Waals surface area contributed by atoms with Crippen molar-refractivity contribution in [1.82, 2.24) is 15.2 Å². The zero-order valence-electron chi connectivity index (χ0n) is 16.6. The number of amides is 3. The summed E-state index contributed by atoms with van der Waals surface area (Å²) in [6.07, 6.45) is 4.79. The van der Waals surface area contributed by atoms with Gasteiger partial charge in [0.15, 0.2) is 0 Å². The first-order chi connectivity index (χ1) is 14.1. The molecule has 2 fully saturated rings. The first kappa shape index (κ1) is 19.2. The van der Waals surface area contributed by atoms with E-state index >= 15 is 0 Å². The fourth-order valence-corrected chi connectivity index (χ4v) is 4.33. The lowest BCUT2D eigenvalue weighted by molar-refractivity contribution is -0.129. The van der Waals surface area contributed by atoms with Gasteiger partial charge in [0.25, 0.3) is 0 Å². The van der Waals surface area contributed by atoms with Gasteiger partial charge in [-0.05, 0) is 37.1 Å². The van der Waals surface area contributed by atoms with Crippen LogP contribution in [-0.4, -0.2) is 42.0 Å². The molecule has 29 heavy (non-hydrogen) atoms. The van der Waals surface area contributed by atoms with Crippen LogP contribution >= 0.6 is 0 Å². The lowest BCUT2D eigenvalue weighted by Crippen LogP contribution is -2.45. The highest BCUT2D eigenvalue weighted by Gasteiger charge is 2.54. The van der Waals surface area contributed by atoms with Gasteiger partial charge in [-0.1, -0.05) is 18.6 Å². The fraction of sp³-hybridized carbons (Fsp3) is 0.409. The Morgan fingerprint density at radius 2 is 2.10 bits per heavy atom. The first-order valence-electron chi connectivity index (χ1n) is 9.97. The zero-order chi connectivity index (χ0) is 20.3. The van der Waals surface area contributed by atoms with Crippen molar-refractivity contribution in [2.75, 3.05) is 25.5 Å². The number of aromatic nitrogens is 1. The highest BCUT2D eigenvalue weighted by molar-refractivity contribution is 5.91. The molecule has 1 saturated heterocycles. The second-order valence-electron chi connectivity index (χ2n) is 7.85. The molecule has 1 aliphatic heterocycles. The summed E-state index contributed by atoms with van der Waals surface area (Å²) in [7, 11) is 1.59. The second kappa shape index (κ2) is 8.11. The minimum atomic E-state index is -0.184. The number of anilines is 1. The van der Waals surface area contributed by atoms with Crippen LogP contribution in [0.1, 0.15) is 25.0 Å². The van der Waals surface area contributed by atoms with Gasteiger partial charge in [0.1, 0.15) is 5.75 Å². The van der Waals surface area contributed by atoms with E-state index < -0.39 is 0 Å². The molecule has 3 amide bonds.